The standard InChI is InChI=1S/C19H22ClNO2/c1-4-17(15-9-7-6-8-13(15)3)21-19(22)14-10-11-18(23-5-2)16(20)12-14/h6-12,17H,4-5H2,1-3H3,(H,21,22)/t17-/m0/s1. The Hall–Kier alpha value is -2.00. The van der Waals surface area contributed by atoms with Crippen molar-refractivity contribution in [3.63, 3.8) is 0 Å². The Labute approximate surface area is 142 Å². The van der Waals surface area contributed by atoms with Crippen LogP contribution in [0.5, 0.6) is 5.75 Å². The molecular formula is C19H22ClNO2. The molecule has 0 saturated heterocycles. The maximum atomic E-state index is 12.5. The highest BCUT2D eigenvalue weighted by atomic mass is 35.5. The molecule has 1 amide bonds. The van der Waals surface area contributed by atoms with Crippen LogP contribution in [0.15, 0.2) is 42.5 Å². The van der Waals surface area contributed by atoms with E-state index in [4.69, 9.17) is 16.3 Å². The van der Waals surface area contributed by atoms with Gasteiger partial charge in [0.1, 0.15) is 5.75 Å². The number of hydrogen-bond donors (Lipinski definition) is 1. The smallest absolute Gasteiger partial charge is 0.251 e. The highest BCUT2D eigenvalue weighted by Gasteiger charge is 2.16. The molecular weight excluding hydrogens is 310 g/mol. The molecule has 0 bridgehead atoms. The van der Waals surface area contributed by atoms with Gasteiger partial charge in [-0.15, -0.1) is 0 Å². The van der Waals surface area contributed by atoms with E-state index in [1.165, 1.54) is 5.56 Å². The summed E-state index contributed by atoms with van der Waals surface area (Å²) in [6.07, 6.45) is 0.821. The van der Waals surface area contributed by atoms with Crippen molar-refractivity contribution in [2.45, 2.75) is 33.2 Å². The van der Waals surface area contributed by atoms with Gasteiger partial charge >= 0.3 is 0 Å². The largest absolute Gasteiger partial charge is 0.492 e. The lowest BCUT2D eigenvalue weighted by Crippen LogP contribution is -2.28. The summed E-state index contributed by atoms with van der Waals surface area (Å²) in [4.78, 5) is 12.5. The maximum absolute atomic E-state index is 12.5. The van der Waals surface area contributed by atoms with Crippen LogP contribution in [0.4, 0.5) is 0 Å². The Morgan fingerprint density at radius 3 is 2.57 bits per heavy atom. The van der Waals surface area contributed by atoms with Crippen molar-refractivity contribution in [3.8, 4) is 5.75 Å². The van der Waals surface area contributed by atoms with E-state index in [0.29, 0.717) is 22.9 Å². The zero-order chi connectivity index (χ0) is 16.8. The lowest BCUT2D eigenvalue weighted by molar-refractivity contribution is 0.0935. The molecule has 0 aliphatic carbocycles. The van der Waals surface area contributed by atoms with Gasteiger partial charge in [-0.2, -0.15) is 0 Å². The SMILES string of the molecule is CCOc1ccc(C(=O)N[C@@H](CC)c2ccccc2C)cc1Cl. The van der Waals surface area contributed by atoms with Gasteiger partial charge in [-0.05, 0) is 49.6 Å². The lowest BCUT2D eigenvalue weighted by Gasteiger charge is -2.19. The van der Waals surface area contributed by atoms with E-state index < -0.39 is 0 Å². The Balaban J connectivity index is 2.17. The van der Waals surface area contributed by atoms with Gasteiger partial charge in [-0.1, -0.05) is 42.8 Å². The minimum Gasteiger partial charge on any atom is -0.492 e. The molecule has 0 saturated carbocycles. The summed E-state index contributed by atoms with van der Waals surface area (Å²) in [7, 11) is 0. The molecule has 0 spiro atoms. The third-order valence-electron chi connectivity index (χ3n) is 3.77. The first-order valence-corrected chi connectivity index (χ1v) is 8.23. The molecule has 0 radical (unpaired) electrons. The zero-order valence-corrected chi connectivity index (χ0v) is 14.5. The highest BCUT2D eigenvalue weighted by molar-refractivity contribution is 6.32. The molecule has 2 aromatic carbocycles. The van der Waals surface area contributed by atoms with Gasteiger partial charge in [0.25, 0.3) is 5.91 Å². The van der Waals surface area contributed by atoms with Crippen molar-refractivity contribution >= 4 is 17.5 Å². The molecule has 0 heterocycles. The highest BCUT2D eigenvalue weighted by Crippen LogP contribution is 2.26. The molecule has 0 aliphatic rings. The first-order valence-electron chi connectivity index (χ1n) is 7.85. The molecule has 3 nitrogen and oxygen atoms in total. The number of ether oxygens (including phenoxy) is 1. The van der Waals surface area contributed by atoms with Crippen LogP contribution < -0.4 is 10.1 Å². The number of halogens is 1. The molecule has 0 aliphatic heterocycles. The van der Waals surface area contributed by atoms with Crippen LogP contribution >= 0.6 is 11.6 Å². The number of aryl methyl sites for hydroxylation is 1. The van der Waals surface area contributed by atoms with Crippen molar-refractivity contribution in [3.05, 3.63) is 64.2 Å². The minimum absolute atomic E-state index is 0.0194. The van der Waals surface area contributed by atoms with Crippen LogP contribution in [0, 0.1) is 6.92 Å². The Morgan fingerprint density at radius 1 is 1.22 bits per heavy atom. The number of benzene rings is 2. The molecule has 4 heteroatoms. The molecule has 2 rings (SSSR count). The number of rotatable bonds is 6. The first-order chi connectivity index (χ1) is 11.1. The Bertz CT molecular complexity index is 685. The summed E-state index contributed by atoms with van der Waals surface area (Å²) in [5.74, 6) is 0.460. The van der Waals surface area contributed by atoms with Crippen molar-refractivity contribution in [2.24, 2.45) is 0 Å². The van der Waals surface area contributed by atoms with E-state index in [1.807, 2.05) is 19.1 Å². The zero-order valence-electron chi connectivity index (χ0n) is 13.7. The van der Waals surface area contributed by atoms with Crippen LogP contribution in [0.2, 0.25) is 5.02 Å². The summed E-state index contributed by atoms with van der Waals surface area (Å²) < 4.78 is 5.40. The second kappa shape index (κ2) is 8.02. The number of hydrogen-bond acceptors (Lipinski definition) is 2. The summed E-state index contributed by atoms with van der Waals surface area (Å²) >= 11 is 6.16. The van der Waals surface area contributed by atoms with Gasteiger partial charge < -0.3 is 10.1 Å². The summed E-state index contributed by atoms with van der Waals surface area (Å²) in [6.45, 7) is 6.54. The number of carbonyl (C=O) groups excluding carboxylic acids is 1. The van der Waals surface area contributed by atoms with Gasteiger partial charge in [0.05, 0.1) is 17.7 Å². The number of amides is 1. The average molecular weight is 332 g/mol. The fourth-order valence-electron chi connectivity index (χ4n) is 2.53. The summed E-state index contributed by atoms with van der Waals surface area (Å²) in [5.41, 5.74) is 2.84. The molecule has 0 unspecified atom stereocenters. The third-order valence-corrected chi connectivity index (χ3v) is 4.07. The third kappa shape index (κ3) is 4.26. The fraction of sp³-hybridized carbons (Fsp3) is 0.316. The van der Waals surface area contributed by atoms with Crippen molar-refractivity contribution in [1.82, 2.24) is 5.32 Å². The van der Waals surface area contributed by atoms with Crippen LogP contribution in [0.25, 0.3) is 0 Å². The molecule has 2 aromatic rings. The van der Waals surface area contributed by atoms with E-state index in [2.05, 4.69) is 31.3 Å². The predicted octanol–water partition coefficient (Wildman–Crippen LogP) is 4.93. The van der Waals surface area contributed by atoms with E-state index in [0.717, 1.165) is 12.0 Å². The summed E-state index contributed by atoms with van der Waals surface area (Å²) in [5, 5.41) is 3.53. The van der Waals surface area contributed by atoms with Gasteiger partial charge in [-0.25, -0.2) is 0 Å². The predicted molar refractivity (Wildman–Crippen MR) is 94.3 cm³/mol. The monoisotopic (exact) mass is 331 g/mol. The molecule has 23 heavy (non-hydrogen) atoms. The lowest BCUT2D eigenvalue weighted by atomic mass is 9.99. The van der Waals surface area contributed by atoms with E-state index in [1.54, 1.807) is 18.2 Å². The van der Waals surface area contributed by atoms with Crippen molar-refractivity contribution < 1.29 is 9.53 Å². The van der Waals surface area contributed by atoms with E-state index >= 15 is 0 Å². The van der Waals surface area contributed by atoms with Gasteiger partial charge in [0.2, 0.25) is 0 Å². The summed E-state index contributed by atoms with van der Waals surface area (Å²) in [6, 6.07) is 13.2. The Kier molecular flexibility index (Phi) is 6.05. The van der Waals surface area contributed by atoms with E-state index in [-0.39, 0.29) is 11.9 Å². The van der Waals surface area contributed by atoms with Crippen LogP contribution in [0.3, 0.4) is 0 Å². The van der Waals surface area contributed by atoms with Crippen LogP contribution in [0.1, 0.15) is 47.8 Å². The van der Waals surface area contributed by atoms with Crippen LogP contribution in [-0.2, 0) is 0 Å². The van der Waals surface area contributed by atoms with Gasteiger partial charge in [0.15, 0.2) is 0 Å². The quantitative estimate of drug-likeness (QED) is 0.815. The number of nitrogens with one attached hydrogen (secondary N) is 1. The van der Waals surface area contributed by atoms with E-state index in [9.17, 15) is 4.79 Å². The first kappa shape index (κ1) is 17.4. The minimum atomic E-state index is -0.134. The van der Waals surface area contributed by atoms with Gasteiger partial charge in [-0.3, -0.25) is 4.79 Å². The number of carbonyl (C=O) groups is 1. The fourth-order valence-corrected chi connectivity index (χ4v) is 2.77. The second-order valence-electron chi connectivity index (χ2n) is 5.37. The average Bonchev–Trinajstić information content (AvgIpc) is 2.55. The maximum Gasteiger partial charge on any atom is 0.251 e. The molecule has 122 valence electrons. The topological polar surface area (TPSA) is 38.3 Å². The van der Waals surface area contributed by atoms with Crippen molar-refractivity contribution in [1.29, 1.82) is 0 Å². The van der Waals surface area contributed by atoms with Gasteiger partial charge in [0, 0.05) is 5.56 Å². The second-order valence-corrected chi connectivity index (χ2v) is 5.78. The van der Waals surface area contributed by atoms with Crippen molar-refractivity contribution in [2.75, 3.05) is 6.61 Å². The normalized spacial score (nSPS) is 11.8. The molecule has 1 N–H and O–H groups in total. The van der Waals surface area contributed by atoms with Crippen LogP contribution in [-0.4, -0.2) is 12.5 Å². The Morgan fingerprint density at radius 2 is 1.96 bits per heavy atom. The molecule has 0 aromatic heterocycles. The molecule has 0 fully saturated rings. The molecule has 1 atom stereocenters.